The number of aliphatic carboxylic acids is 1. The van der Waals surface area contributed by atoms with Crippen LogP contribution in [0.4, 0.5) is 0 Å². The molecule has 2 aromatic carbocycles. The fourth-order valence-electron chi connectivity index (χ4n) is 4.59. The first-order valence-corrected chi connectivity index (χ1v) is 11.6. The van der Waals surface area contributed by atoms with Gasteiger partial charge in [-0.05, 0) is 48.7 Å². The van der Waals surface area contributed by atoms with Crippen LogP contribution in [0.15, 0.2) is 59.3 Å². The lowest BCUT2D eigenvalue weighted by Gasteiger charge is -2.38. The van der Waals surface area contributed by atoms with Crippen LogP contribution in [-0.2, 0) is 14.9 Å². The molecule has 2 aromatic heterocycles. The number of nitrogens with zero attached hydrogens (tertiary/aromatic N) is 2. The molecule has 8 heteroatoms. The summed E-state index contributed by atoms with van der Waals surface area (Å²) in [4.78, 5) is 25.2. The van der Waals surface area contributed by atoms with Crippen LogP contribution < -0.4 is 0 Å². The molecule has 0 unspecified atom stereocenters. The van der Waals surface area contributed by atoms with Gasteiger partial charge in [0, 0.05) is 23.2 Å². The van der Waals surface area contributed by atoms with Crippen LogP contribution in [0.2, 0.25) is 5.02 Å². The number of hydrogen-bond donors (Lipinski definition) is 1. The zero-order chi connectivity index (χ0) is 24.7. The summed E-state index contributed by atoms with van der Waals surface area (Å²) in [7, 11) is 0. The Hall–Kier alpha value is -3.68. The van der Waals surface area contributed by atoms with Crippen LogP contribution >= 0.6 is 11.6 Å². The van der Waals surface area contributed by atoms with Gasteiger partial charge in [-0.25, -0.2) is 4.79 Å². The minimum atomic E-state index is -1.04. The van der Waals surface area contributed by atoms with E-state index < -0.39 is 11.4 Å². The average molecular weight is 491 g/mol. The number of benzene rings is 2. The molecular weight excluding hydrogens is 468 g/mol. The van der Waals surface area contributed by atoms with Gasteiger partial charge in [0.25, 0.3) is 5.91 Å². The first-order valence-electron chi connectivity index (χ1n) is 11.3. The first kappa shape index (κ1) is 23.1. The van der Waals surface area contributed by atoms with E-state index in [4.69, 9.17) is 26.0 Å². The van der Waals surface area contributed by atoms with E-state index in [1.54, 1.807) is 35.0 Å². The zero-order valence-electron chi connectivity index (χ0n) is 19.2. The molecule has 0 atom stereocenters. The van der Waals surface area contributed by atoms with Crippen LogP contribution in [0.25, 0.3) is 28.2 Å². The smallest absolute Gasteiger partial charge is 0.328 e. The lowest BCUT2D eigenvalue weighted by Crippen LogP contribution is -2.47. The number of carboxylic acids is 1. The Bertz CT molecular complexity index is 1470. The van der Waals surface area contributed by atoms with Gasteiger partial charge < -0.3 is 14.4 Å². The standard InChI is InChI=1S/C27H23ClN2O5/c1-3-27(14-34-15-27)25-23(24(29-35-25)22-16(2)6-4-8-19(22)28)26(33)30-13-12-18-17(10-11-21(31)32)7-5-9-20(18)30/h4-13H,3,14-15H2,1-2H3,(H,31,32)/b11-10+. The minimum Gasteiger partial charge on any atom is -0.478 e. The van der Waals surface area contributed by atoms with Crippen molar-refractivity contribution in [2.75, 3.05) is 13.2 Å². The van der Waals surface area contributed by atoms with Gasteiger partial charge >= 0.3 is 5.97 Å². The quantitative estimate of drug-likeness (QED) is 0.347. The summed E-state index contributed by atoms with van der Waals surface area (Å²) in [5, 5.41) is 14.6. The van der Waals surface area contributed by atoms with Crippen LogP contribution in [0.5, 0.6) is 0 Å². The van der Waals surface area contributed by atoms with Crippen molar-refractivity contribution < 1.29 is 24.0 Å². The molecule has 3 heterocycles. The molecule has 1 saturated heterocycles. The lowest BCUT2D eigenvalue weighted by molar-refractivity contribution is -0.131. The zero-order valence-corrected chi connectivity index (χ0v) is 20.0. The van der Waals surface area contributed by atoms with Crippen LogP contribution in [0.3, 0.4) is 0 Å². The number of aromatic nitrogens is 2. The van der Waals surface area contributed by atoms with Crippen LogP contribution in [0, 0.1) is 6.92 Å². The molecule has 7 nitrogen and oxygen atoms in total. The molecule has 5 rings (SSSR count). The second kappa shape index (κ2) is 8.83. The third kappa shape index (κ3) is 3.77. The average Bonchev–Trinajstić information content (AvgIpc) is 3.42. The van der Waals surface area contributed by atoms with Gasteiger partial charge in [-0.3, -0.25) is 9.36 Å². The van der Waals surface area contributed by atoms with Crippen molar-refractivity contribution in [1.29, 1.82) is 0 Å². The Balaban J connectivity index is 1.72. The van der Waals surface area contributed by atoms with Gasteiger partial charge in [-0.15, -0.1) is 0 Å². The molecule has 4 aromatic rings. The molecule has 0 aliphatic carbocycles. The maximum absolute atomic E-state index is 14.2. The van der Waals surface area contributed by atoms with E-state index >= 15 is 0 Å². The summed E-state index contributed by atoms with van der Waals surface area (Å²) in [5.74, 6) is -0.849. The predicted molar refractivity (Wildman–Crippen MR) is 133 cm³/mol. The van der Waals surface area contributed by atoms with Gasteiger partial charge in [0.2, 0.25) is 0 Å². The number of aryl methyl sites for hydroxylation is 1. The maximum Gasteiger partial charge on any atom is 0.328 e. The highest BCUT2D eigenvalue weighted by molar-refractivity contribution is 6.33. The van der Waals surface area contributed by atoms with Gasteiger partial charge in [-0.1, -0.05) is 47.9 Å². The molecule has 1 N–H and O–H groups in total. The van der Waals surface area contributed by atoms with Gasteiger partial charge in [0.1, 0.15) is 11.3 Å². The van der Waals surface area contributed by atoms with Crippen molar-refractivity contribution in [3.63, 3.8) is 0 Å². The van der Waals surface area contributed by atoms with Crippen molar-refractivity contribution >= 4 is 40.5 Å². The van der Waals surface area contributed by atoms with E-state index in [0.717, 1.165) is 23.4 Å². The van der Waals surface area contributed by atoms with E-state index in [1.807, 2.05) is 32.0 Å². The highest BCUT2D eigenvalue weighted by Crippen LogP contribution is 2.43. The van der Waals surface area contributed by atoms with E-state index in [1.165, 1.54) is 6.08 Å². The molecule has 0 amide bonds. The Morgan fingerprint density at radius 3 is 2.63 bits per heavy atom. The molecular formula is C27H23ClN2O5. The Labute approximate surface area is 206 Å². The minimum absolute atomic E-state index is 0.301. The number of rotatable bonds is 6. The number of fused-ring (bicyclic) bond motifs is 1. The number of halogens is 1. The predicted octanol–water partition coefficient (Wildman–Crippen LogP) is 5.72. The fraction of sp³-hybridized carbons (Fsp3) is 0.222. The molecule has 0 bridgehead atoms. The van der Waals surface area contributed by atoms with E-state index in [0.29, 0.717) is 51.9 Å². The number of carbonyl (C=O) groups excluding carboxylic acids is 1. The van der Waals surface area contributed by atoms with E-state index in [9.17, 15) is 9.59 Å². The van der Waals surface area contributed by atoms with Gasteiger partial charge in [0.15, 0.2) is 5.76 Å². The van der Waals surface area contributed by atoms with Crippen LogP contribution in [-0.4, -0.2) is 39.9 Å². The number of carbonyl (C=O) groups is 2. The fourth-order valence-corrected chi connectivity index (χ4v) is 4.90. The summed E-state index contributed by atoms with van der Waals surface area (Å²) in [5.41, 5.74) is 3.19. The highest BCUT2D eigenvalue weighted by Gasteiger charge is 2.46. The van der Waals surface area contributed by atoms with Crippen molar-refractivity contribution in [1.82, 2.24) is 9.72 Å². The molecule has 1 aliphatic rings. The topological polar surface area (TPSA) is 94.6 Å². The number of ether oxygens (including phenoxy) is 1. The molecule has 0 radical (unpaired) electrons. The SMILES string of the molecule is CCC1(c2onc(-c3c(C)cccc3Cl)c2C(=O)n2ccc3c(/C=C/C(=O)O)cccc32)COC1. The normalized spacial score (nSPS) is 14.9. The summed E-state index contributed by atoms with van der Waals surface area (Å²) in [6.07, 6.45) is 4.99. The monoisotopic (exact) mass is 490 g/mol. The number of hydrogen-bond acceptors (Lipinski definition) is 5. The highest BCUT2D eigenvalue weighted by atomic mass is 35.5. The summed E-state index contributed by atoms with van der Waals surface area (Å²) >= 11 is 6.57. The summed E-state index contributed by atoms with van der Waals surface area (Å²) < 4.78 is 12.9. The molecule has 1 aliphatic heterocycles. The van der Waals surface area contributed by atoms with Crippen molar-refractivity contribution in [3.8, 4) is 11.3 Å². The molecule has 1 fully saturated rings. The van der Waals surface area contributed by atoms with Crippen LogP contribution in [0.1, 0.15) is 40.6 Å². The molecule has 35 heavy (non-hydrogen) atoms. The van der Waals surface area contributed by atoms with Crippen molar-refractivity contribution in [2.45, 2.75) is 25.7 Å². The Morgan fingerprint density at radius 2 is 1.97 bits per heavy atom. The van der Waals surface area contributed by atoms with Gasteiger partial charge in [-0.2, -0.15) is 0 Å². The van der Waals surface area contributed by atoms with E-state index in [2.05, 4.69) is 5.16 Å². The second-order valence-corrected chi connectivity index (χ2v) is 9.14. The maximum atomic E-state index is 14.2. The Kier molecular flexibility index (Phi) is 5.83. The second-order valence-electron chi connectivity index (χ2n) is 8.74. The lowest BCUT2D eigenvalue weighted by atomic mass is 9.78. The van der Waals surface area contributed by atoms with Crippen molar-refractivity contribution in [2.24, 2.45) is 0 Å². The Morgan fingerprint density at radius 1 is 1.20 bits per heavy atom. The largest absolute Gasteiger partial charge is 0.478 e. The molecule has 0 saturated carbocycles. The summed E-state index contributed by atoms with van der Waals surface area (Å²) in [6, 6.07) is 12.7. The molecule has 178 valence electrons. The summed E-state index contributed by atoms with van der Waals surface area (Å²) in [6.45, 7) is 4.83. The first-order chi connectivity index (χ1) is 16.9. The van der Waals surface area contributed by atoms with Gasteiger partial charge in [0.05, 0.1) is 29.2 Å². The van der Waals surface area contributed by atoms with Crippen molar-refractivity contribution in [3.05, 3.63) is 82.2 Å². The molecule has 0 spiro atoms. The number of carboxylic acid groups (broad SMARTS) is 1. The third-order valence-electron chi connectivity index (χ3n) is 6.67. The third-order valence-corrected chi connectivity index (χ3v) is 6.99. The van der Waals surface area contributed by atoms with E-state index in [-0.39, 0.29) is 5.91 Å².